The van der Waals surface area contributed by atoms with Crippen LogP contribution in [0, 0.1) is 5.82 Å². The minimum Gasteiger partial charge on any atom is -0.379 e. The van der Waals surface area contributed by atoms with E-state index in [1.165, 1.54) is 10.9 Å². The van der Waals surface area contributed by atoms with Gasteiger partial charge >= 0.3 is 0 Å². The number of aromatic nitrogens is 1. The van der Waals surface area contributed by atoms with Gasteiger partial charge in [-0.25, -0.2) is 9.38 Å². The van der Waals surface area contributed by atoms with Gasteiger partial charge in [-0.2, -0.15) is 0 Å². The summed E-state index contributed by atoms with van der Waals surface area (Å²) < 4.78 is 19.3. The molecule has 1 aliphatic rings. The van der Waals surface area contributed by atoms with Crippen LogP contribution in [-0.4, -0.2) is 55.2 Å². The standard InChI is InChI=1S/C19H26FN5OS.HI/c1-2-21-19(23-13-16-15(20)5-3-7-22-16)24-14-17(18-6-4-12-27-18)25-8-10-26-11-9-25;/h3-7,12,17H,2,8-11,13-14H2,1H3,(H2,21,23,24);1H. The molecule has 0 aromatic carbocycles. The van der Waals surface area contributed by atoms with Crippen LogP contribution in [0.3, 0.4) is 0 Å². The number of thiophene rings is 1. The van der Waals surface area contributed by atoms with Gasteiger partial charge in [0.1, 0.15) is 5.82 Å². The first-order valence-corrected chi connectivity index (χ1v) is 10.1. The van der Waals surface area contributed by atoms with Crippen molar-refractivity contribution >= 4 is 41.3 Å². The Morgan fingerprint density at radius 2 is 2.14 bits per heavy atom. The first-order valence-electron chi connectivity index (χ1n) is 9.24. The summed E-state index contributed by atoms with van der Waals surface area (Å²) in [5, 5.41) is 8.74. The van der Waals surface area contributed by atoms with Crippen LogP contribution in [-0.2, 0) is 11.3 Å². The number of pyridine rings is 1. The number of hydrogen-bond acceptors (Lipinski definition) is 5. The van der Waals surface area contributed by atoms with E-state index >= 15 is 0 Å². The smallest absolute Gasteiger partial charge is 0.191 e. The molecule has 0 saturated carbocycles. The zero-order valence-corrected chi connectivity index (χ0v) is 19.1. The van der Waals surface area contributed by atoms with Gasteiger partial charge in [-0.05, 0) is 30.5 Å². The molecular weight excluding hydrogens is 492 g/mol. The Kier molecular flexibility index (Phi) is 10.1. The number of morpholine rings is 1. The molecule has 2 aromatic rings. The highest BCUT2D eigenvalue weighted by atomic mass is 127. The van der Waals surface area contributed by atoms with Gasteiger partial charge in [-0.3, -0.25) is 9.88 Å². The third-order valence-electron chi connectivity index (χ3n) is 4.39. The van der Waals surface area contributed by atoms with Crippen molar-refractivity contribution in [3.05, 3.63) is 52.2 Å². The molecule has 154 valence electrons. The molecule has 0 radical (unpaired) electrons. The Morgan fingerprint density at radius 1 is 1.32 bits per heavy atom. The van der Waals surface area contributed by atoms with Crippen molar-refractivity contribution in [1.29, 1.82) is 0 Å². The molecule has 0 bridgehead atoms. The largest absolute Gasteiger partial charge is 0.379 e. The van der Waals surface area contributed by atoms with E-state index < -0.39 is 0 Å². The second-order valence-electron chi connectivity index (χ2n) is 6.19. The average Bonchev–Trinajstić information content (AvgIpc) is 3.22. The van der Waals surface area contributed by atoms with Gasteiger partial charge < -0.3 is 15.4 Å². The van der Waals surface area contributed by atoms with E-state index in [2.05, 4.69) is 43.0 Å². The van der Waals surface area contributed by atoms with E-state index in [-0.39, 0.29) is 42.4 Å². The molecule has 9 heteroatoms. The van der Waals surface area contributed by atoms with Crippen molar-refractivity contribution in [3.63, 3.8) is 0 Å². The third kappa shape index (κ3) is 6.64. The summed E-state index contributed by atoms with van der Waals surface area (Å²) in [5.74, 6) is 0.333. The van der Waals surface area contributed by atoms with Crippen LogP contribution in [0.4, 0.5) is 4.39 Å². The average molecular weight is 519 g/mol. The number of aliphatic imine (C=N–C) groups is 1. The molecule has 1 aliphatic heterocycles. The van der Waals surface area contributed by atoms with Crippen LogP contribution in [0.5, 0.6) is 0 Å². The number of nitrogens with one attached hydrogen (secondary N) is 2. The van der Waals surface area contributed by atoms with E-state index in [0.717, 1.165) is 39.4 Å². The molecule has 0 spiro atoms. The molecule has 1 unspecified atom stereocenters. The fourth-order valence-corrected chi connectivity index (χ4v) is 3.86. The first kappa shape index (κ1) is 23.0. The van der Waals surface area contributed by atoms with Crippen LogP contribution in [0.15, 0.2) is 40.8 Å². The molecule has 3 heterocycles. The maximum absolute atomic E-state index is 13.8. The molecule has 1 fully saturated rings. The quantitative estimate of drug-likeness (QED) is 0.335. The van der Waals surface area contributed by atoms with Crippen LogP contribution in [0.1, 0.15) is 23.5 Å². The lowest BCUT2D eigenvalue weighted by Gasteiger charge is -2.34. The minimum atomic E-state index is -0.332. The molecular formula is C19H27FIN5OS. The molecule has 6 nitrogen and oxygen atoms in total. The van der Waals surface area contributed by atoms with Crippen molar-refractivity contribution in [3.8, 4) is 0 Å². The second kappa shape index (κ2) is 12.3. The SMILES string of the molecule is CCNC(=NCc1ncccc1F)NCC(c1cccs1)N1CCOCC1.I. The zero-order valence-electron chi connectivity index (χ0n) is 15.9. The van der Waals surface area contributed by atoms with Crippen molar-refractivity contribution in [2.24, 2.45) is 4.99 Å². The van der Waals surface area contributed by atoms with Gasteiger partial charge in [0, 0.05) is 37.3 Å². The highest BCUT2D eigenvalue weighted by Crippen LogP contribution is 2.25. The van der Waals surface area contributed by atoms with Crippen molar-refractivity contribution < 1.29 is 9.13 Å². The zero-order chi connectivity index (χ0) is 18.9. The minimum absolute atomic E-state index is 0. The summed E-state index contributed by atoms with van der Waals surface area (Å²) in [6.45, 7) is 7.01. The Bertz CT molecular complexity index is 725. The van der Waals surface area contributed by atoms with Gasteiger partial charge in [-0.15, -0.1) is 35.3 Å². The summed E-state index contributed by atoms with van der Waals surface area (Å²) in [7, 11) is 0. The Labute approximate surface area is 186 Å². The summed E-state index contributed by atoms with van der Waals surface area (Å²) in [6.07, 6.45) is 1.58. The van der Waals surface area contributed by atoms with Crippen LogP contribution < -0.4 is 10.6 Å². The number of rotatable bonds is 7. The number of hydrogen-bond donors (Lipinski definition) is 2. The maximum Gasteiger partial charge on any atom is 0.191 e. The van der Waals surface area contributed by atoms with E-state index in [4.69, 9.17) is 4.74 Å². The second-order valence-corrected chi connectivity index (χ2v) is 7.17. The monoisotopic (exact) mass is 519 g/mol. The van der Waals surface area contributed by atoms with Crippen molar-refractivity contribution in [2.75, 3.05) is 39.4 Å². The number of nitrogens with zero attached hydrogens (tertiary/aromatic N) is 3. The highest BCUT2D eigenvalue weighted by molar-refractivity contribution is 14.0. The van der Waals surface area contributed by atoms with E-state index in [0.29, 0.717) is 11.7 Å². The number of ether oxygens (including phenoxy) is 1. The lowest BCUT2D eigenvalue weighted by Crippen LogP contribution is -2.46. The number of guanidine groups is 1. The van der Waals surface area contributed by atoms with Gasteiger partial charge in [0.2, 0.25) is 0 Å². The molecule has 1 atom stereocenters. The molecule has 28 heavy (non-hydrogen) atoms. The molecule has 2 N–H and O–H groups in total. The molecule has 0 aliphatic carbocycles. The number of halogens is 2. The van der Waals surface area contributed by atoms with Crippen LogP contribution in [0.25, 0.3) is 0 Å². The fourth-order valence-electron chi connectivity index (χ4n) is 3.00. The Balaban J connectivity index is 0.00000280. The summed E-state index contributed by atoms with van der Waals surface area (Å²) in [6, 6.07) is 7.49. The fraction of sp³-hybridized carbons (Fsp3) is 0.474. The normalized spacial score (nSPS) is 16.3. The van der Waals surface area contributed by atoms with E-state index in [9.17, 15) is 4.39 Å². The highest BCUT2D eigenvalue weighted by Gasteiger charge is 2.23. The maximum atomic E-state index is 13.8. The van der Waals surface area contributed by atoms with Crippen LogP contribution >= 0.6 is 35.3 Å². The lowest BCUT2D eigenvalue weighted by atomic mass is 10.2. The molecule has 1 saturated heterocycles. The molecule has 3 rings (SSSR count). The molecule has 2 aromatic heterocycles. The third-order valence-corrected chi connectivity index (χ3v) is 5.36. The first-order chi connectivity index (χ1) is 13.3. The van der Waals surface area contributed by atoms with E-state index in [1.807, 2.05) is 6.92 Å². The van der Waals surface area contributed by atoms with Gasteiger partial charge in [0.05, 0.1) is 31.5 Å². The van der Waals surface area contributed by atoms with E-state index in [1.54, 1.807) is 23.6 Å². The topological polar surface area (TPSA) is 61.8 Å². The molecule has 0 amide bonds. The van der Waals surface area contributed by atoms with Gasteiger partial charge in [-0.1, -0.05) is 6.07 Å². The Hall–Kier alpha value is -1.30. The predicted octanol–water partition coefficient (Wildman–Crippen LogP) is 3.03. The predicted molar refractivity (Wildman–Crippen MR) is 122 cm³/mol. The van der Waals surface area contributed by atoms with Crippen molar-refractivity contribution in [1.82, 2.24) is 20.5 Å². The van der Waals surface area contributed by atoms with Crippen molar-refractivity contribution in [2.45, 2.75) is 19.5 Å². The summed E-state index contributed by atoms with van der Waals surface area (Å²) in [5.41, 5.74) is 0.345. The van der Waals surface area contributed by atoms with Gasteiger partial charge in [0.15, 0.2) is 5.96 Å². The lowest BCUT2D eigenvalue weighted by molar-refractivity contribution is 0.0177. The summed E-state index contributed by atoms with van der Waals surface area (Å²) in [4.78, 5) is 12.3. The van der Waals surface area contributed by atoms with Crippen LogP contribution in [0.2, 0.25) is 0 Å². The van der Waals surface area contributed by atoms with Gasteiger partial charge in [0.25, 0.3) is 0 Å². The summed E-state index contributed by atoms with van der Waals surface area (Å²) >= 11 is 1.76. The Morgan fingerprint density at radius 3 is 2.82 bits per heavy atom.